The number of thioether (sulfide) groups is 1. The van der Waals surface area contributed by atoms with Gasteiger partial charge in [-0.1, -0.05) is 29.1 Å². The lowest BCUT2D eigenvalue weighted by molar-refractivity contribution is 0.353. The highest BCUT2D eigenvalue weighted by molar-refractivity contribution is 7.98. The Kier molecular flexibility index (Phi) is 4.57. The van der Waals surface area contributed by atoms with Crippen LogP contribution in [-0.4, -0.2) is 25.6 Å². The van der Waals surface area contributed by atoms with Crippen LogP contribution < -0.4 is 9.47 Å². The van der Waals surface area contributed by atoms with Crippen LogP contribution in [0.15, 0.2) is 58.1 Å². The maximum absolute atomic E-state index is 5.52. The van der Waals surface area contributed by atoms with Crippen LogP contribution in [0.3, 0.4) is 0 Å². The first-order chi connectivity index (χ1) is 11.3. The van der Waals surface area contributed by atoms with E-state index in [0.29, 0.717) is 0 Å². The molecule has 0 amide bonds. The van der Waals surface area contributed by atoms with E-state index in [2.05, 4.69) is 5.16 Å². The van der Waals surface area contributed by atoms with Gasteiger partial charge in [0.1, 0.15) is 17.2 Å². The molecular formula is C18H17NO3S. The molecule has 3 rings (SSSR count). The van der Waals surface area contributed by atoms with Gasteiger partial charge in [0.25, 0.3) is 0 Å². The normalized spacial score (nSPS) is 10.6. The lowest BCUT2D eigenvalue weighted by Gasteiger charge is -2.06. The number of ether oxygens (including phenoxy) is 2. The van der Waals surface area contributed by atoms with Gasteiger partial charge < -0.3 is 14.0 Å². The summed E-state index contributed by atoms with van der Waals surface area (Å²) >= 11 is 1.54. The fourth-order valence-electron chi connectivity index (χ4n) is 2.37. The third-order valence-electron chi connectivity index (χ3n) is 3.59. The van der Waals surface area contributed by atoms with Crippen LogP contribution in [0.25, 0.3) is 22.4 Å². The van der Waals surface area contributed by atoms with Crippen LogP contribution in [0.2, 0.25) is 0 Å². The molecule has 0 bridgehead atoms. The number of nitrogens with zero attached hydrogens (tertiary/aromatic N) is 1. The Morgan fingerprint density at radius 2 is 1.35 bits per heavy atom. The van der Waals surface area contributed by atoms with Gasteiger partial charge in [0, 0.05) is 5.56 Å². The molecule has 0 N–H and O–H groups in total. The average Bonchev–Trinajstić information content (AvgIpc) is 3.06. The molecule has 1 aromatic heterocycles. The Morgan fingerprint density at radius 3 is 1.83 bits per heavy atom. The van der Waals surface area contributed by atoms with Gasteiger partial charge in [-0.3, -0.25) is 0 Å². The van der Waals surface area contributed by atoms with Crippen LogP contribution in [0.4, 0.5) is 0 Å². The van der Waals surface area contributed by atoms with E-state index < -0.39 is 0 Å². The van der Waals surface area contributed by atoms with Gasteiger partial charge >= 0.3 is 0 Å². The van der Waals surface area contributed by atoms with Crippen LogP contribution >= 0.6 is 11.8 Å². The van der Waals surface area contributed by atoms with Crippen LogP contribution in [0.1, 0.15) is 0 Å². The number of aromatic nitrogens is 1. The van der Waals surface area contributed by atoms with Crippen LogP contribution in [0, 0.1) is 0 Å². The number of benzene rings is 2. The number of hydrogen-bond donors (Lipinski definition) is 0. The van der Waals surface area contributed by atoms with Crippen molar-refractivity contribution >= 4 is 11.8 Å². The zero-order valence-corrected chi connectivity index (χ0v) is 14.0. The predicted molar refractivity (Wildman–Crippen MR) is 92.3 cm³/mol. The summed E-state index contributed by atoms with van der Waals surface area (Å²) in [5, 5.41) is 5.06. The second-order valence-electron chi connectivity index (χ2n) is 4.85. The van der Waals surface area contributed by atoms with E-state index in [4.69, 9.17) is 14.0 Å². The molecule has 23 heavy (non-hydrogen) atoms. The maximum Gasteiger partial charge on any atom is 0.201 e. The van der Waals surface area contributed by atoms with E-state index in [-0.39, 0.29) is 0 Å². The summed E-state index contributed by atoms with van der Waals surface area (Å²) in [6, 6.07) is 15.7. The minimum absolute atomic E-state index is 0.793. The first kappa shape index (κ1) is 15.5. The Hall–Kier alpha value is -2.40. The average molecular weight is 327 g/mol. The van der Waals surface area contributed by atoms with E-state index in [9.17, 15) is 0 Å². The number of rotatable bonds is 5. The van der Waals surface area contributed by atoms with E-state index in [1.54, 1.807) is 14.2 Å². The van der Waals surface area contributed by atoms with Crippen LogP contribution in [-0.2, 0) is 0 Å². The second-order valence-corrected chi connectivity index (χ2v) is 5.63. The third-order valence-corrected chi connectivity index (χ3v) is 4.24. The Balaban J connectivity index is 2.08. The molecule has 0 spiro atoms. The molecule has 5 heteroatoms. The quantitative estimate of drug-likeness (QED) is 0.633. The van der Waals surface area contributed by atoms with Crippen molar-refractivity contribution < 1.29 is 14.0 Å². The van der Waals surface area contributed by atoms with Crippen molar-refractivity contribution in [2.75, 3.05) is 20.5 Å². The highest BCUT2D eigenvalue weighted by atomic mass is 32.2. The molecule has 0 unspecified atom stereocenters. The summed E-state index contributed by atoms with van der Waals surface area (Å²) < 4.78 is 16.0. The molecule has 3 aromatic rings. The van der Waals surface area contributed by atoms with Gasteiger partial charge in [-0.25, -0.2) is 0 Å². The van der Waals surface area contributed by atoms with E-state index in [1.807, 2.05) is 54.8 Å². The van der Waals surface area contributed by atoms with Crippen molar-refractivity contribution in [1.29, 1.82) is 0 Å². The largest absolute Gasteiger partial charge is 0.497 e. The van der Waals surface area contributed by atoms with Gasteiger partial charge in [0.05, 0.1) is 19.8 Å². The molecule has 0 aliphatic carbocycles. The molecule has 0 saturated heterocycles. The molecule has 0 atom stereocenters. The van der Waals surface area contributed by atoms with Crippen LogP contribution in [0.5, 0.6) is 11.5 Å². The molecule has 118 valence electrons. The highest BCUT2D eigenvalue weighted by Crippen LogP contribution is 2.39. The smallest absolute Gasteiger partial charge is 0.201 e. The molecule has 0 aliphatic rings. The Labute approximate surface area is 139 Å². The fourth-order valence-corrected chi connectivity index (χ4v) is 2.90. The van der Waals surface area contributed by atoms with Crippen molar-refractivity contribution in [3.05, 3.63) is 48.5 Å². The summed E-state index contributed by atoms with van der Waals surface area (Å²) in [4.78, 5) is 0. The maximum atomic E-state index is 5.52. The summed E-state index contributed by atoms with van der Waals surface area (Å²) in [6.07, 6.45) is 1.98. The summed E-state index contributed by atoms with van der Waals surface area (Å²) in [5.74, 6) is 1.63. The monoisotopic (exact) mass is 327 g/mol. The van der Waals surface area contributed by atoms with E-state index >= 15 is 0 Å². The van der Waals surface area contributed by atoms with Crippen molar-refractivity contribution in [2.45, 2.75) is 5.09 Å². The molecule has 2 aromatic carbocycles. The number of hydrogen-bond acceptors (Lipinski definition) is 5. The van der Waals surface area contributed by atoms with Gasteiger partial charge in [0.2, 0.25) is 5.09 Å². The molecule has 0 saturated carbocycles. The first-order valence-electron chi connectivity index (χ1n) is 7.09. The molecule has 1 heterocycles. The lowest BCUT2D eigenvalue weighted by Crippen LogP contribution is -1.87. The molecule has 0 fully saturated rings. The van der Waals surface area contributed by atoms with Gasteiger partial charge in [-0.15, -0.1) is 0 Å². The summed E-state index contributed by atoms with van der Waals surface area (Å²) in [7, 11) is 3.31. The molecule has 4 nitrogen and oxygen atoms in total. The summed E-state index contributed by atoms with van der Waals surface area (Å²) in [5.41, 5.74) is 3.84. The third kappa shape index (κ3) is 3.05. The van der Waals surface area contributed by atoms with Crippen molar-refractivity contribution in [1.82, 2.24) is 5.16 Å². The van der Waals surface area contributed by atoms with Gasteiger partial charge in [-0.2, -0.15) is 0 Å². The molecule has 0 aliphatic heterocycles. The Bertz CT molecular complexity index is 779. The van der Waals surface area contributed by atoms with Crippen molar-refractivity contribution in [2.24, 2.45) is 0 Å². The predicted octanol–water partition coefficient (Wildman–Crippen LogP) is 4.75. The lowest BCUT2D eigenvalue weighted by atomic mass is 10.0. The van der Waals surface area contributed by atoms with Crippen molar-refractivity contribution in [3.63, 3.8) is 0 Å². The highest BCUT2D eigenvalue weighted by Gasteiger charge is 2.19. The minimum atomic E-state index is 0.793. The first-order valence-corrected chi connectivity index (χ1v) is 8.31. The zero-order chi connectivity index (χ0) is 16.2. The standard InChI is InChI=1S/C18H17NO3S/c1-20-14-8-4-12(5-9-14)16-17(19-22-18(16)23-3)13-6-10-15(21-2)11-7-13/h4-11H,1-3H3. The van der Waals surface area contributed by atoms with Gasteiger partial charge in [-0.05, 0) is 48.2 Å². The number of methoxy groups -OCH3 is 2. The zero-order valence-electron chi connectivity index (χ0n) is 13.2. The molecule has 0 radical (unpaired) electrons. The van der Waals surface area contributed by atoms with E-state index in [0.717, 1.165) is 39.0 Å². The summed E-state index contributed by atoms with van der Waals surface area (Å²) in [6.45, 7) is 0. The fraction of sp³-hybridized carbons (Fsp3) is 0.167. The Morgan fingerprint density at radius 1 is 0.826 bits per heavy atom. The van der Waals surface area contributed by atoms with E-state index in [1.165, 1.54) is 11.8 Å². The SMILES string of the molecule is COc1ccc(-c2noc(SC)c2-c2ccc(OC)cc2)cc1. The molecular weight excluding hydrogens is 310 g/mol. The van der Waals surface area contributed by atoms with Gasteiger partial charge in [0.15, 0.2) is 0 Å². The topological polar surface area (TPSA) is 44.5 Å². The van der Waals surface area contributed by atoms with Crippen molar-refractivity contribution in [3.8, 4) is 33.9 Å². The minimum Gasteiger partial charge on any atom is -0.497 e. The second kappa shape index (κ2) is 6.79.